The van der Waals surface area contributed by atoms with E-state index in [0.29, 0.717) is 5.56 Å². The monoisotopic (exact) mass is 238 g/mol. The van der Waals surface area contributed by atoms with E-state index in [1.165, 1.54) is 0 Å². The van der Waals surface area contributed by atoms with Crippen molar-refractivity contribution in [1.29, 1.82) is 0 Å². The average molecular weight is 238 g/mol. The number of thiol groups is 1. The second-order valence-electron chi connectivity index (χ2n) is 3.67. The van der Waals surface area contributed by atoms with E-state index < -0.39 is 5.97 Å². The van der Waals surface area contributed by atoms with Crippen LogP contribution >= 0.6 is 12.6 Å². The van der Waals surface area contributed by atoms with Crippen LogP contribution in [-0.2, 0) is 0 Å². The van der Waals surface area contributed by atoms with Crippen LogP contribution in [0.2, 0.25) is 0 Å². The Bertz CT molecular complexity index is 409. The number of carboxylic acid groups (broad SMARTS) is 1. The topological polar surface area (TPSA) is 52.6 Å². The van der Waals surface area contributed by atoms with E-state index in [2.05, 4.69) is 22.8 Å². The first kappa shape index (κ1) is 11.1. The molecular weight excluding hydrogens is 224 g/mol. The molecule has 5 heteroatoms. The van der Waals surface area contributed by atoms with Crippen LogP contribution < -0.4 is 10.2 Å². The highest BCUT2D eigenvalue weighted by Crippen LogP contribution is 2.29. The molecule has 16 heavy (non-hydrogen) atoms. The Balaban J connectivity index is 2.36. The minimum absolute atomic E-state index is 0.326. The molecule has 4 nitrogen and oxygen atoms in total. The van der Waals surface area contributed by atoms with Crippen molar-refractivity contribution in [3.05, 3.63) is 23.8 Å². The number of anilines is 2. The van der Waals surface area contributed by atoms with Gasteiger partial charge in [-0.2, -0.15) is 12.6 Å². The van der Waals surface area contributed by atoms with Gasteiger partial charge in [0.05, 0.1) is 16.9 Å². The zero-order valence-corrected chi connectivity index (χ0v) is 9.70. The standard InChI is InChI=1S/C11H14N2O2S/c14-11(15)8-1-2-9-10(7-8)13(5-6-16)4-3-12-9/h1-2,7,12,16H,3-6H2,(H,14,15). The number of fused-ring (bicyclic) bond motifs is 1. The summed E-state index contributed by atoms with van der Waals surface area (Å²) in [6, 6.07) is 5.16. The Kier molecular flexibility index (Phi) is 3.24. The zero-order chi connectivity index (χ0) is 11.5. The smallest absolute Gasteiger partial charge is 0.335 e. The Morgan fingerprint density at radius 3 is 3.06 bits per heavy atom. The maximum absolute atomic E-state index is 10.9. The lowest BCUT2D eigenvalue weighted by atomic mass is 10.1. The van der Waals surface area contributed by atoms with Gasteiger partial charge in [-0.25, -0.2) is 4.79 Å². The fourth-order valence-corrected chi connectivity index (χ4v) is 2.12. The number of hydrogen-bond donors (Lipinski definition) is 3. The molecule has 1 aromatic rings. The van der Waals surface area contributed by atoms with Gasteiger partial charge in [0.1, 0.15) is 0 Å². The molecule has 0 unspecified atom stereocenters. The number of hydrogen-bond acceptors (Lipinski definition) is 4. The van der Waals surface area contributed by atoms with Crippen LogP contribution in [0.25, 0.3) is 0 Å². The molecule has 2 N–H and O–H groups in total. The van der Waals surface area contributed by atoms with Gasteiger partial charge < -0.3 is 15.3 Å². The summed E-state index contributed by atoms with van der Waals surface area (Å²) >= 11 is 4.21. The van der Waals surface area contributed by atoms with Crippen molar-refractivity contribution in [3.63, 3.8) is 0 Å². The number of rotatable bonds is 3. The quantitative estimate of drug-likeness (QED) is 0.699. The molecular formula is C11H14N2O2S. The van der Waals surface area contributed by atoms with Gasteiger partial charge in [-0.05, 0) is 18.2 Å². The van der Waals surface area contributed by atoms with Gasteiger partial charge in [0.25, 0.3) is 0 Å². The molecule has 0 aliphatic carbocycles. The summed E-state index contributed by atoms with van der Waals surface area (Å²) in [5.74, 6) is -0.129. The number of nitrogens with one attached hydrogen (secondary N) is 1. The second-order valence-corrected chi connectivity index (χ2v) is 4.12. The predicted octanol–water partition coefficient (Wildman–Crippen LogP) is 1.55. The van der Waals surface area contributed by atoms with E-state index >= 15 is 0 Å². The van der Waals surface area contributed by atoms with Gasteiger partial charge in [-0.1, -0.05) is 0 Å². The summed E-state index contributed by atoms with van der Waals surface area (Å²) in [4.78, 5) is 13.1. The van der Waals surface area contributed by atoms with Gasteiger partial charge in [-0.3, -0.25) is 0 Å². The molecule has 0 bridgehead atoms. The highest BCUT2D eigenvalue weighted by Gasteiger charge is 2.17. The van der Waals surface area contributed by atoms with E-state index in [1.54, 1.807) is 12.1 Å². The molecule has 1 heterocycles. The number of benzene rings is 1. The zero-order valence-electron chi connectivity index (χ0n) is 8.81. The largest absolute Gasteiger partial charge is 0.478 e. The summed E-state index contributed by atoms with van der Waals surface area (Å²) in [6.07, 6.45) is 0. The fourth-order valence-electron chi connectivity index (χ4n) is 1.87. The average Bonchev–Trinajstić information content (AvgIpc) is 2.29. The Morgan fingerprint density at radius 1 is 1.56 bits per heavy atom. The van der Waals surface area contributed by atoms with E-state index in [1.807, 2.05) is 6.07 Å². The highest BCUT2D eigenvalue weighted by molar-refractivity contribution is 7.80. The molecule has 0 fully saturated rings. The molecule has 1 aliphatic heterocycles. The Morgan fingerprint density at radius 2 is 2.38 bits per heavy atom. The third kappa shape index (κ3) is 2.09. The Labute approximate surface area is 99.7 Å². The number of carbonyl (C=O) groups is 1. The molecule has 0 radical (unpaired) electrons. The molecule has 0 spiro atoms. The summed E-state index contributed by atoms with van der Waals surface area (Å²) in [5, 5.41) is 12.2. The van der Waals surface area contributed by atoms with Crippen LogP contribution in [-0.4, -0.2) is 36.5 Å². The molecule has 0 saturated carbocycles. The molecule has 1 aromatic carbocycles. The van der Waals surface area contributed by atoms with Crippen LogP contribution in [0.4, 0.5) is 11.4 Å². The lowest BCUT2D eigenvalue weighted by Gasteiger charge is -2.31. The van der Waals surface area contributed by atoms with Crippen LogP contribution in [0.15, 0.2) is 18.2 Å². The minimum atomic E-state index is -0.890. The lowest BCUT2D eigenvalue weighted by Crippen LogP contribution is -2.35. The molecule has 2 rings (SSSR count). The summed E-state index contributed by atoms with van der Waals surface area (Å²) in [7, 11) is 0. The number of nitrogens with zero attached hydrogens (tertiary/aromatic N) is 1. The molecule has 86 valence electrons. The summed E-state index contributed by atoms with van der Waals surface area (Å²) in [5.41, 5.74) is 2.28. The first-order chi connectivity index (χ1) is 7.72. The van der Waals surface area contributed by atoms with Crippen LogP contribution in [0.3, 0.4) is 0 Å². The maximum Gasteiger partial charge on any atom is 0.335 e. The van der Waals surface area contributed by atoms with Gasteiger partial charge >= 0.3 is 5.97 Å². The van der Waals surface area contributed by atoms with Crippen LogP contribution in [0.1, 0.15) is 10.4 Å². The van der Waals surface area contributed by atoms with E-state index in [0.717, 1.165) is 36.8 Å². The third-order valence-corrected chi connectivity index (χ3v) is 2.85. The highest BCUT2D eigenvalue weighted by atomic mass is 32.1. The lowest BCUT2D eigenvalue weighted by molar-refractivity contribution is 0.0697. The van der Waals surface area contributed by atoms with Crippen molar-refractivity contribution in [2.75, 3.05) is 35.6 Å². The van der Waals surface area contributed by atoms with Crippen molar-refractivity contribution < 1.29 is 9.90 Å². The van der Waals surface area contributed by atoms with E-state index in [4.69, 9.17) is 5.11 Å². The van der Waals surface area contributed by atoms with Crippen molar-refractivity contribution >= 4 is 30.0 Å². The Hall–Kier alpha value is -1.36. The maximum atomic E-state index is 10.9. The van der Waals surface area contributed by atoms with Gasteiger partial charge in [0.15, 0.2) is 0 Å². The van der Waals surface area contributed by atoms with E-state index in [-0.39, 0.29) is 0 Å². The first-order valence-electron chi connectivity index (χ1n) is 5.19. The molecule has 0 aromatic heterocycles. The van der Waals surface area contributed by atoms with Crippen LogP contribution in [0, 0.1) is 0 Å². The van der Waals surface area contributed by atoms with Crippen molar-refractivity contribution in [1.82, 2.24) is 0 Å². The summed E-state index contributed by atoms with van der Waals surface area (Å²) in [6.45, 7) is 2.60. The first-order valence-corrected chi connectivity index (χ1v) is 5.82. The normalized spacial score (nSPS) is 14.2. The minimum Gasteiger partial charge on any atom is -0.478 e. The number of aromatic carboxylic acids is 1. The predicted molar refractivity (Wildman–Crippen MR) is 68.0 cm³/mol. The van der Waals surface area contributed by atoms with Gasteiger partial charge in [0.2, 0.25) is 0 Å². The third-order valence-electron chi connectivity index (χ3n) is 2.65. The number of carboxylic acids is 1. The molecule has 0 amide bonds. The fraction of sp³-hybridized carbons (Fsp3) is 0.364. The SMILES string of the molecule is O=C(O)c1ccc2c(c1)N(CCS)CCN2. The van der Waals surface area contributed by atoms with Crippen molar-refractivity contribution in [2.45, 2.75) is 0 Å². The van der Waals surface area contributed by atoms with Gasteiger partial charge in [0, 0.05) is 25.4 Å². The van der Waals surface area contributed by atoms with Crippen molar-refractivity contribution in [2.24, 2.45) is 0 Å². The van der Waals surface area contributed by atoms with Gasteiger partial charge in [-0.15, -0.1) is 0 Å². The molecule has 1 aliphatic rings. The van der Waals surface area contributed by atoms with Crippen LogP contribution in [0.5, 0.6) is 0 Å². The second kappa shape index (κ2) is 4.65. The molecule has 0 atom stereocenters. The summed E-state index contributed by atoms with van der Waals surface area (Å²) < 4.78 is 0. The van der Waals surface area contributed by atoms with E-state index in [9.17, 15) is 4.79 Å². The molecule has 0 saturated heterocycles. The van der Waals surface area contributed by atoms with Crippen molar-refractivity contribution in [3.8, 4) is 0 Å².